The molecule has 1 N–H and O–H groups in total. The van der Waals surface area contributed by atoms with E-state index in [1.807, 2.05) is 45.0 Å². The number of nitrogens with zero attached hydrogens (tertiary/aromatic N) is 2. The minimum Gasteiger partial charge on any atom is -0.497 e. The monoisotopic (exact) mass is 519 g/mol. The highest BCUT2D eigenvalue weighted by Gasteiger charge is 2.31. The molecule has 10 heteroatoms. The Morgan fingerprint density at radius 1 is 1.06 bits per heavy atom. The lowest BCUT2D eigenvalue weighted by molar-refractivity contribution is -0.139. The molecular formula is C26H37N3O6S. The van der Waals surface area contributed by atoms with Gasteiger partial charge in [-0.2, -0.15) is 0 Å². The summed E-state index contributed by atoms with van der Waals surface area (Å²) >= 11 is 0. The molecule has 0 aromatic heterocycles. The molecule has 0 fully saturated rings. The van der Waals surface area contributed by atoms with Crippen LogP contribution in [0.25, 0.3) is 0 Å². The molecule has 2 aromatic rings. The lowest BCUT2D eigenvalue weighted by Gasteiger charge is -2.32. The molecule has 0 radical (unpaired) electrons. The summed E-state index contributed by atoms with van der Waals surface area (Å²) in [5.74, 6) is -0.111. The van der Waals surface area contributed by atoms with Gasteiger partial charge in [0.1, 0.15) is 24.1 Å². The van der Waals surface area contributed by atoms with Gasteiger partial charge in [0.05, 0.1) is 26.2 Å². The molecule has 0 bridgehead atoms. The van der Waals surface area contributed by atoms with Crippen molar-refractivity contribution in [1.29, 1.82) is 0 Å². The number of aryl methyl sites for hydroxylation is 1. The van der Waals surface area contributed by atoms with Gasteiger partial charge < -0.3 is 19.7 Å². The summed E-state index contributed by atoms with van der Waals surface area (Å²) < 4.78 is 37.2. The quantitative estimate of drug-likeness (QED) is 0.462. The number of sulfonamides is 1. The van der Waals surface area contributed by atoms with E-state index in [4.69, 9.17) is 9.47 Å². The van der Waals surface area contributed by atoms with Crippen molar-refractivity contribution in [2.75, 3.05) is 31.3 Å². The molecule has 0 unspecified atom stereocenters. The third-order valence-corrected chi connectivity index (χ3v) is 7.23. The Balaban J connectivity index is 2.47. The summed E-state index contributed by atoms with van der Waals surface area (Å²) in [4.78, 5) is 28.1. The van der Waals surface area contributed by atoms with E-state index >= 15 is 0 Å². The predicted octanol–water partition coefficient (Wildman–Crippen LogP) is 3.11. The van der Waals surface area contributed by atoms with Crippen LogP contribution in [-0.4, -0.2) is 64.2 Å². The first-order valence-corrected chi connectivity index (χ1v) is 13.6. The standard InChI is InChI=1S/C26H37N3O6S/c1-8-19(3)27-26(31)20(4)28(16-21-12-10-9-11-18(21)2)25(30)17-29(36(7,32)33)23-14-13-22(34-5)15-24(23)35-6/h9-15,19-20H,8,16-17H2,1-7H3,(H,27,31)/t19-,20-/m1/s1. The number of carbonyl (C=O) groups is 2. The van der Waals surface area contributed by atoms with E-state index in [1.165, 1.54) is 25.2 Å². The zero-order chi connectivity index (χ0) is 27.0. The molecular weight excluding hydrogens is 482 g/mol. The van der Waals surface area contributed by atoms with Gasteiger partial charge in [-0.05, 0) is 50.5 Å². The minimum absolute atomic E-state index is 0.0635. The van der Waals surface area contributed by atoms with Crippen molar-refractivity contribution in [3.8, 4) is 11.5 Å². The SMILES string of the molecule is CC[C@@H](C)NC(=O)[C@@H](C)N(Cc1ccccc1C)C(=O)CN(c1ccc(OC)cc1OC)S(C)(=O)=O. The van der Waals surface area contributed by atoms with Crippen molar-refractivity contribution in [3.05, 3.63) is 53.6 Å². The maximum atomic E-state index is 13.7. The van der Waals surface area contributed by atoms with Gasteiger partial charge in [-0.15, -0.1) is 0 Å². The van der Waals surface area contributed by atoms with E-state index in [2.05, 4.69) is 5.32 Å². The van der Waals surface area contributed by atoms with Gasteiger partial charge in [-0.25, -0.2) is 8.42 Å². The Bertz CT molecular complexity index is 1170. The van der Waals surface area contributed by atoms with Gasteiger partial charge in [-0.1, -0.05) is 31.2 Å². The first-order valence-electron chi connectivity index (χ1n) is 11.8. The number of carbonyl (C=O) groups excluding carboxylic acids is 2. The topological polar surface area (TPSA) is 105 Å². The largest absolute Gasteiger partial charge is 0.497 e. The van der Waals surface area contributed by atoms with E-state index < -0.39 is 28.5 Å². The lowest BCUT2D eigenvalue weighted by atomic mass is 10.1. The average Bonchev–Trinajstić information content (AvgIpc) is 2.85. The summed E-state index contributed by atoms with van der Waals surface area (Å²) in [6, 6.07) is 11.3. The van der Waals surface area contributed by atoms with Crippen LogP contribution in [0, 0.1) is 6.92 Å². The number of nitrogens with one attached hydrogen (secondary N) is 1. The summed E-state index contributed by atoms with van der Waals surface area (Å²) in [5.41, 5.74) is 2.02. The fraction of sp³-hybridized carbons (Fsp3) is 0.462. The molecule has 36 heavy (non-hydrogen) atoms. The van der Waals surface area contributed by atoms with Crippen molar-refractivity contribution in [3.63, 3.8) is 0 Å². The van der Waals surface area contributed by atoms with Crippen LogP contribution in [0.5, 0.6) is 11.5 Å². The molecule has 0 spiro atoms. The smallest absolute Gasteiger partial charge is 0.244 e. The lowest BCUT2D eigenvalue weighted by Crippen LogP contribution is -2.52. The van der Waals surface area contributed by atoms with Crippen LogP contribution in [0.2, 0.25) is 0 Å². The molecule has 0 heterocycles. The van der Waals surface area contributed by atoms with Crippen LogP contribution < -0.4 is 19.1 Å². The second kappa shape index (κ2) is 12.6. The second-order valence-electron chi connectivity index (χ2n) is 8.75. The van der Waals surface area contributed by atoms with E-state index in [-0.39, 0.29) is 29.9 Å². The highest BCUT2D eigenvalue weighted by atomic mass is 32.2. The third kappa shape index (κ3) is 7.36. The Kier molecular flexibility index (Phi) is 10.2. The molecule has 2 aromatic carbocycles. The summed E-state index contributed by atoms with van der Waals surface area (Å²) in [6.45, 7) is 7.06. The molecule has 0 saturated heterocycles. The van der Waals surface area contributed by atoms with Crippen LogP contribution in [-0.2, 0) is 26.2 Å². The van der Waals surface area contributed by atoms with Crippen molar-refractivity contribution >= 4 is 27.5 Å². The van der Waals surface area contributed by atoms with Crippen LogP contribution >= 0.6 is 0 Å². The molecule has 0 saturated carbocycles. The van der Waals surface area contributed by atoms with Crippen LogP contribution in [0.4, 0.5) is 5.69 Å². The summed E-state index contributed by atoms with van der Waals surface area (Å²) in [6.07, 6.45) is 1.76. The van der Waals surface area contributed by atoms with Gasteiger partial charge in [0.25, 0.3) is 0 Å². The number of methoxy groups -OCH3 is 2. The van der Waals surface area contributed by atoms with E-state index in [1.54, 1.807) is 19.1 Å². The van der Waals surface area contributed by atoms with Crippen molar-refractivity contribution in [2.24, 2.45) is 0 Å². The number of hydrogen-bond acceptors (Lipinski definition) is 6. The third-order valence-electron chi connectivity index (χ3n) is 6.11. The van der Waals surface area contributed by atoms with Gasteiger partial charge in [-0.3, -0.25) is 13.9 Å². The van der Waals surface area contributed by atoms with Gasteiger partial charge >= 0.3 is 0 Å². The Hall–Kier alpha value is -3.27. The van der Waals surface area contributed by atoms with Crippen molar-refractivity contribution < 1.29 is 27.5 Å². The Labute approximate surface area is 214 Å². The first kappa shape index (κ1) is 29.0. The number of amides is 2. The highest BCUT2D eigenvalue weighted by Crippen LogP contribution is 2.33. The zero-order valence-corrected chi connectivity index (χ0v) is 22.9. The summed E-state index contributed by atoms with van der Waals surface area (Å²) in [5, 5.41) is 2.91. The number of rotatable bonds is 12. The second-order valence-corrected chi connectivity index (χ2v) is 10.7. The summed E-state index contributed by atoms with van der Waals surface area (Å²) in [7, 11) is -0.987. The van der Waals surface area contributed by atoms with Gasteiger partial charge in [0.15, 0.2) is 0 Å². The van der Waals surface area contributed by atoms with Crippen LogP contribution in [0.1, 0.15) is 38.3 Å². The maximum Gasteiger partial charge on any atom is 0.244 e. The normalized spacial score (nSPS) is 12.9. The number of anilines is 1. The fourth-order valence-corrected chi connectivity index (χ4v) is 4.46. The van der Waals surface area contributed by atoms with Crippen molar-refractivity contribution in [2.45, 2.75) is 52.7 Å². The molecule has 9 nitrogen and oxygen atoms in total. The molecule has 2 amide bonds. The number of benzene rings is 2. The zero-order valence-electron chi connectivity index (χ0n) is 22.1. The van der Waals surface area contributed by atoms with E-state index in [0.717, 1.165) is 28.1 Å². The Morgan fingerprint density at radius 2 is 1.72 bits per heavy atom. The average molecular weight is 520 g/mol. The van der Waals surface area contributed by atoms with Gasteiger partial charge in [0, 0.05) is 18.7 Å². The number of ether oxygens (including phenoxy) is 2. The van der Waals surface area contributed by atoms with Crippen molar-refractivity contribution in [1.82, 2.24) is 10.2 Å². The van der Waals surface area contributed by atoms with Crippen LogP contribution in [0.15, 0.2) is 42.5 Å². The van der Waals surface area contributed by atoms with Gasteiger partial charge in [0.2, 0.25) is 21.8 Å². The van der Waals surface area contributed by atoms with Crippen LogP contribution in [0.3, 0.4) is 0 Å². The van der Waals surface area contributed by atoms with E-state index in [0.29, 0.717) is 5.75 Å². The molecule has 0 aliphatic rings. The molecule has 0 aliphatic carbocycles. The molecule has 198 valence electrons. The molecule has 2 atom stereocenters. The highest BCUT2D eigenvalue weighted by molar-refractivity contribution is 7.92. The fourth-order valence-electron chi connectivity index (χ4n) is 3.60. The molecule has 2 rings (SSSR count). The first-order chi connectivity index (χ1) is 16.9. The Morgan fingerprint density at radius 3 is 2.28 bits per heavy atom. The molecule has 0 aliphatic heterocycles. The maximum absolute atomic E-state index is 13.7. The predicted molar refractivity (Wildman–Crippen MR) is 141 cm³/mol. The number of hydrogen-bond donors (Lipinski definition) is 1. The minimum atomic E-state index is -3.88. The van der Waals surface area contributed by atoms with E-state index in [9.17, 15) is 18.0 Å².